The van der Waals surface area contributed by atoms with Gasteiger partial charge in [-0.15, -0.1) is 0 Å². The zero-order valence-electron chi connectivity index (χ0n) is 11.5. The van der Waals surface area contributed by atoms with Crippen molar-refractivity contribution in [2.45, 2.75) is 6.42 Å². The van der Waals surface area contributed by atoms with E-state index in [1.54, 1.807) is 18.3 Å². The van der Waals surface area contributed by atoms with Crippen molar-refractivity contribution in [3.63, 3.8) is 0 Å². The van der Waals surface area contributed by atoms with E-state index in [-0.39, 0.29) is 5.69 Å². The summed E-state index contributed by atoms with van der Waals surface area (Å²) in [6.07, 6.45) is 3.86. The Morgan fingerprint density at radius 1 is 1.23 bits per heavy atom. The second kappa shape index (κ2) is 6.15. The van der Waals surface area contributed by atoms with Gasteiger partial charge >= 0.3 is 0 Å². The predicted octanol–water partition coefficient (Wildman–Crippen LogP) is 4.15. The van der Waals surface area contributed by atoms with Crippen LogP contribution < -0.4 is 5.32 Å². The highest BCUT2D eigenvalue weighted by atomic mass is 79.9. The number of nitro groups is 1. The number of furan rings is 1. The van der Waals surface area contributed by atoms with Crippen LogP contribution in [0.3, 0.4) is 0 Å². The third-order valence-electron chi connectivity index (χ3n) is 3.31. The van der Waals surface area contributed by atoms with Crippen LogP contribution in [-0.2, 0) is 6.42 Å². The molecule has 0 aliphatic carbocycles. The molecular formula is C15H12BrN3O3. The van der Waals surface area contributed by atoms with Gasteiger partial charge in [-0.05, 0) is 40.2 Å². The molecule has 2 heterocycles. The Morgan fingerprint density at radius 3 is 2.82 bits per heavy atom. The van der Waals surface area contributed by atoms with Gasteiger partial charge in [0.05, 0.1) is 10.3 Å². The van der Waals surface area contributed by atoms with Crippen molar-refractivity contribution in [3.8, 4) is 0 Å². The highest BCUT2D eigenvalue weighted by molar-refractivity contribution is 9.10. The maximum atomic E-state index is 11.1. The minimum Gasteiger partial charge on any atom is -0.454 e. The average Bonchev–Trinajstić information content (AvgIpc) is 2.92. The van der Waals surface area contributed by atoms with E-state index in [2.05, 4.69) is 26.2 Å². The van der Waals surface area contributed by atoms with Crippen molar-refractivity contribution in [2.75, 3.05) is 11.9 Å². The zero-order chi connectivity index (χ0) is 15.5. The van der Waals surface area contributed by atoms with E-state index in [0.29, 0.717) is 16.6 Å². The van der Waals surface area contributed by atoms with Crippen molar-refractivity contribution in [1.82, 2.24) is 4.98 Å². The molecule has 7 heteroatoms. The second-order valence-electron chi connectivity index (χ2n) is 4.69. The molecule has 3 rings (SSSR count). The first-order chi connectivity index (χ1) is 10.6. The molecule has 2 aromatic heterocycles. The minimum atomic E-state index is -0.395. The normalized spacial score (nSPS) is 10.8. The number of halogens is 1. The lowest BCUT2D eigenvalue weighted by Crippen LogP contribution is -2.05. The minimum absolute atomic E-state index is 0.0589. The van der Waals surface area contributed by atoms with Gasteiger partial charge in [0.15, 0.2) is 4.67 Å². The monoisotopic (exact) mass is 361 g/mol. The Bertz CT molecular complexity index is 832. The predicted molar refractivity (Wildman–Crippen MR) is 87.0 cm³/mol. The third kappa shape index (κ3) is 2.94. The lowest BCUT2D eigenvalue weighted by atomic mass is 10.1. The van der Waals surface area contributed by atoms with Crippen molar-refractivity contribution in [2.24, 2.45) is 0 Å². The Labute approximate surface area is 134 Å². The number of hydrogen-bond acceptors (Lipinski definition) is 5. The average molecular weight is 362 g/mol. The van der Waals surface area contributed by atoms with Crippen LogP contribution >= 0.6 is 15.9 Å². The first-order valence-corrected chi connectivity index (χ1v) is 7.43. The fraction of sp³-hybridized carbons (Fsp3) is 0.133. The van der Waals surface area contributed by atoms with E-state index in [0.717, 1.165) is 23.3 Å². The third-order valence-corrected chi connectivity index (χ3v) is 3.73. The van der Waals surface area contributed by atoms with Crippen LogP contribution in [0.5, 0.6) is 0 Å². The number of nitrogens with one attached hydrogen (secondary N) is 1. The number of anilines is 1. The van der Waals surface area contributed by atoms with E-state index in [4.69, 9.17) is 4.42 Å². The van der Waals surface area contributed by atoms with Crippen LogP contribution in [0.2, 0.25) is 0 Å². The molecule has 0 amide bonds. The molecule has 0 aliphatic heterocycles. The van der Waals surface area contributed by atoms with Crippen molar-refractivity contribution in [3.05, 3.63) is 63.3 Å². The molecule has 0 atom stereocenters. The molecule has 1 aromatic carbocycles. The summed E-state index contributed by atoms with van der Waals surface area (Å²) in [7, 11) is 0. The van der Waals surface area contributed by atoms with E-state index in [1.807, 2.05) is 12.1 Å². The number of pyridine rings is 1. The van der Waals surface area contributed by atoms with Crippen LogP contribution in [0.1, 0.15) is 5.76 Å². The number of fused-ring (bicyclic) bond motifs is 1. The van der Waals surface area contributed by atoms with Gasteiger partial charge < -0.3 is 9.73 Å². The molecule has 0 saturated heterocycles. The first kappa shape index (κ1) is 14.5. The number of nitro benzene ring substituents is 1. The molecule has 112 valence electrons. The molecule has 0 saturated carbocycles. The van der Waals surface area contributed by atoms with Gasteiger partial charge in [0.25, 0.3) is 5.69 Å². The standard InChI is InChI=1S/C15H12BrN3O3/c16-15-4-1-10(22-15)5-8-18-13-2-3-14(19(20)21)12-9-17-7-6-11(12)13/h1-4,6-7,9,18H,5,8H2. The molecule has 1 N–H and O–H groups in total. The highest BCUT2D eigenvalue weighted by Gasteiger charge is 2.14. The van der Waals surface area contributed by atoms with E-state index >= 15 is 0 Å². The zero-order valence-corrected chi connectivity index (χ0v) is 13.0. The van der Waals surface area contributed by atoms with E-state index in [1.165, 1.54) is 12.3 Å². The van der Waals surface area contributed by atoms with Crippen molar-refractivity contribution >= 4 is 38.1 Å². The Kier molecular flexibility index (Phi) is 4.06. The smallest absolute Gasteiger partial charge is 0.278 e. The number of benzene rings is 1. The Morgan fingerprint density at radius 2 is 2.09 bits per heavy atom. The molecule has 0 aliphatic rings. The van der Waals surface area contributed by atoms with Crippen molar-refractivity contribution < 1.29 is 9.34 Å². The largest absolute Gasteiger partial charge is 0.454 e. The summed E-state index contributed by atoms with van der Waals surface area (Å²) in [5.74, 6) is 0.868. The summed E-state index contributed by atoms with van der Waals surface area (Å²) in [5, 5.41) is 15.7. The summed E-state index contributed by atoms with van der Waals surface area (Å²) in [6, 6.07) is 8.74. The highest BCUT2D eigenvalue weighted by Crippen LogP contribution is 2.30. The van der Waals surface area contributed by atoms with Crippen LogP contribution in [0, 0.1) is 10.1 Å². The molecule has 0 unspecified atom stereocenters. The topological polar surface area (TPSA) is 81.2 Å². The maximum absolute atomic E-state index is 11.1. The molecule has 0 spiro atoms. The fourth-order valence-corrected chi connectivity index (χ4v) is 2.64. The summed E-state index contributed by atoms with van der Waals surface area (Å²) in [4.78, 5) is 14.6. The number of nitrogens with zero attached hydrogens (tertiary/aromatic N) is 2. The van der Waals surface area contributed by atoms with E-state index < -0.39 is 4.92 Å². The summed E-state index contributed by atoms with van der Waals surface area (Å²) < 4.78 is 6.14. The number of rotatable bonds is 5. The lowest BCUT2D eigenvalue weighted by Gasteiger charge is -2.09. The second-order valence-corrected chi connectivity index (χ2v) is 5.47. The van der Waals surface area contributed by atoms with Gasteiger partial charge in [0.1, 0.15) is 5.76 Å². The number of non-ortho nitro benzene ring substituents is 1. The van der Waals surface area contributed by atoms with Gasteiger partial charge in [0, 0.05) is 42.5 Å². The van der Waals surface area contributed by atoms with Crippen LogP contribution in [0.25, 0.3) is 10.8 Å². The molecular weight excluding hydrogens is 350 g/mol. The molecule has 22 heavy (non-hydrogen) atoms. The van der Waals surface area contributed by atoms with E-state index in [9.17, 15) is 10.1 Å². The quantitative estimate of drug-likeness (QED) is 0.545. The summed E-state index contributed by atoms with van der Waals surface area (Å²) >= 11 is 3.27. The van der Waals surface area contributed by atoms with Gasteiger partial charge in [-0.2, -0.15) is 0 Å². The Balaban J connectivity index is 1.82. The first-order valence-electron chi connectivity index (χ1n) is 6.64. The maximum Gasteiger partial charge on any atom is 0.278 e. The van der Waals surface area contributed by atoms with Crippen LogP contribution in [0.15, 0.2) is 51.8 Å². The fourth-order valence-electron chi connectivity index (χ4n) is 2.30. The lowest BCUT2D eigenvalue weighted by molar-refractivity contribution is -0.383. The van der Waals surface area contributed by atoms with Crippen LogP contribution in [0.4, 0.5) is 11.4 Å². The van der Waals surface area contributed by atoms with Gasteiger partial charge in [0.2, 0.25) is 0 Å². The molecule has 0 bridgehead atoms. The molecule has 0 radical (unpaired) electrons. The molecule has 0 fully saturated rings. The number of hydrogen-bond donors (Lipinski definition) is 1. The van der Waals surface area contributed by atoms with Crippen LogP contribution in [-0.4, -0.2) is 16.5 Å². The van der Waals surface area contributed by atoms with Gasteiger partial charge in [-0.1, -0.05) is 0 Å². The summed E-state index contributed by atoms with van der Waals surface area (Å²) in [6.45, 7) is 0.662. The molecule has 6 nitrogen and oxygen atoms in total. The SMILES string of the molecule is O=[N+]([O-])c1ccc(NCCc2ccc(Br)o2)c2ccncc12. The molecule has 3 aromatic rings. The van der Waals surface area contributed by atoms with Crippen molar-refractivity contribution in [1.29, 1.82) is 0 Å². The summed E-state index contributed by atoms with van der Waals surface area (Å²) in [5.41, 5.74) is 0.900. The van der Waals surface area contributed by atoms with Gasteiger partial charge in [-0.3, -0.25) is 15.1 Å². The number of aromatic nitrogens is 1. The Hall–Kier alpha value is -2.41. The van der Waals surface area contributed by atoms with Gasteiger partial charge in [-0.25, -0.2) is 0 Å².